The van der Waals surface area contributed by atoms with Crippen LogP contribution in [-0.2, 0) is 60.7 Å². The van der Waals surface area contributed by atoms with Crippen LogP contribution < -0.4 is 47.9 Å². The summed E-state index contributed by atoms with van der Waals surface area (Å²) in [5, 5.41) is 25.0. The van der Waals surface area contributed by atoms with Crippen LogP contribution in [0.4, 0.5) is 0 Å². The number of H-pyrrole nitrogens is 1. The normalized spacial score (nSPS) is 28.8. The number of rotatable bonds is 11. The fourth-order valence-corrected chi connectivity index (χ4v) is 9.00. The Morgan fingerprint density at radius 2 is 1.28 bits per heavy atom. The highest BCUT2D eigenvalue weighted by Crippen LogP contribution is 2.31. The van der Waals surface area contributed by atoms with Crippen LogP contribution in [0.25, 0.3) is 10.9 Å². The maximum atomic E-state index is 14.5. The average Bonchev–Trinajstić information content (AvgIpc) is 3.70. The summed E-state index contributed by atoms with van der Waals surface area (Å²) < 4.78 is 6.26. The van der Waals surface area contributed by atoms with E-state index in [-0.39, 0.29) is 49.0 Å². The van der Waals surface area contributed by atoms with Gasteiger partial charge in [-0.1, -0.05) is 83.1 Å². The zero-order valence-corrected chi connectivity index (χ0v) is 39.2. The molecule has 3 aliphatic heterocycles. The van der Waals surface area contributed by atoms with Gasteiger partial charge in [0.1, 0.15) is 36.3 Å². The van der Waals surface area contributed by atoms with Crippen LogP contribution >= 0.6 is 0 Å². The Morgan fingerprint density at radius 3 is 1.99 bits per heavy atom. The highest BCUT2D eigenvalue weighted by atomic mass is 16.5. The first-order chi connectivity index (χ1) is 32.4. The molecule has 1 aromatic heterocycles. The molecule has 0 radical (unpaired) electrons. The smallest absolute Gasteiger partial charge is 0.245 e. The van der Waals surface area contributed by atoms with E-state index in [1.54, 1.807) is 50.4 Å². The van der Waals surface area contributed by atoms with Gasteiger partial charge in [-0.25, -0.2) is 0 Å². The summed E-state index contributed by atoms with van der Waals surface area (Å²) in [4.78, 5) is 130. The van der Waals surface area contributed by atoms with Gasteiger partial charge in [-0.05, 0) is 47.8 Å². The van der Waals surface area contributed by atoms with Crippen molar-refractivity contribution < 1.29 is 47.9 Å². The third kappa shape index (κ3) is 13.0. The molecule has 3 saturated heterocycles. The van der Waals surface area contributed by atoms with Crippen molar-refractivity contribution in [1.29, 1.82) is 0 Å². The molecule has 4 heterocycles. The predicted molar refractivity (Wildman–Crippen MR) is 248 cm³/mol. The Balaban J connectivity index is 1.38. The summed E-state index contributed by atoms with van der Waals surface area (Å²) in [5.41, 5.74) is 2.05. The molecular weight excluding hydrogens is 877 g/mol. The molecule has 3 fully saturated rings. The first-order valence-electron chi connectivity index (χ1n) is 23.3. The molecule has 10 N–H and O–H groups in total. The van der Waals surface area contributed by atoms with Crippen molar-refractivity contribution in [2.45, 2.75) is 135 Å². The molecule has 68 heavy (non-hydrogen) atoms. The van der Waals surface area contributed by atoms with E-state index in [0.29, 0.717) is 17.5 Å². The monoisotopic (exact) mass is 940 g/mol. The number of benzene rings is 2. The molecule has 0 spiro atoms. The molecule has 20 heteroatoms. The molecule has 0 saturated carbocycles. The number of ether oxygens (including phenoxy) is 1. The zero-order valence-electron chi connectivity index (χ0n) is 39.2. The molecule has 11 atom stereocenters. The van der Waals surface area contributed by atoms with E-state index in [2.05, 4.69) is 52.8 Å². The zero-order chi connectivity index (χ0) is 49.2. The quantitative estimate of drug-likeness (QED) is 0.122. The van der Waals surface area contributed by atoms with Gasteiger partial charge >= 0.3 is 0 Å². The lowest BCUT2D eigenvalue weighted by atomic mass is 9.80. The van der Waals surface area contributed by atoms with E-state index in [4.69, 9.17) is 4.74 Å². The number of aromatic nitrogens is 1. The van der Waals surface area contributed by atoms with Crippen molar-refractivity contribution >= 4 is 64.1 Å². The van der Waals surface area contributed by atoms with Crippen LogP contribution in [0.1, 0.15) is 78.4 Å². The maximum absolute atomic E-state index is 14.5. The topological polar surface area (TPSA) is 287 Å². The summed E-state index contributed by atoms with van der Waals surface area (Å²) in [6, 6.07) is 6.58. The lowest BCUT2D eigenvalue weighted by Crippen LogP contribution is -2.65. The van der Waals surface area contributed by atoms with Crippen molar-refractivity contribution in [2.75, 3.05) is 6.54 Å². The Morgan fingerprint density at radius 1 is 0.691 bits per heavy atom. The Kier molecular flexibility index (Phi) is 16.9. The minimum atomic E-state index is -1.70. The van der Waals surface area contributed by atoms with Gasteiger partial charge in [0.2, 0.25) is 53.2 Å². The number of amides is 9. The summed E-state index contributed by atoms with van der Waals surface area (Å²) in [6.45, 7) is 10.3. The van der Waals surface area contributed by atoms with Crippen LogP contribution in [0.3, 0.4) is 0 Å². The summed E-state index contributed by atoms with van der Waals surface area (Å²) in [6.07, 6.45) is -0.528. The van der Waals surface area contributed by atoms with Crippen LogP contribution in [0.15, 0.2) is 60.8 Å². The van der Waals surface area contributed by atoms with Gasteiger partial charge in [-0.2, -0.15) is 0 Å². The van der Waals surface area contributed by atoms with E-state index >= 15 is 0 Å². The van der Waals surface area contributed by atoms with Gasteiger partial charge in [-0.3, -0.25) is 43.2 Å². The maximum Gasteiger partial charge on any atom is 0.245 e. The van der Waals surface area contributed by atoms with E-state index in [1.807, 2.05) is 45.0 Å². The standard InChI is InChI=1S/C48H64N10O10/c1-7-38-25(4)26(5)41(51-27(6)59)48(68-38)58-40(61)21-36-46(66)55-35-20-39(60)50-23-37(47(67)52-32(17-24(2)3)42(62)56-36)57-43(63)33(18-28-13-9-8-10-14-28)53-44(64)34(54-45(35)65)19-29-22-49-31-16-12-11-15-30(29)31/h8-16,22,24-26,32-38,41,48-49H,7,17-21,23H2,1-6H3,(H,50,60)(H,51,59)(H,52,67)(H,53,64)(H,54,65)(H,55,66)(H,56,62)(H,57,63)(H,58,61)/t25?,26?,32-,33-,34-,35-,36-,37-,38?,41?,48?/m0/s1. The Labute approximate surface area is 394 Å². The van der Waals surface area contributed by atoms with Crippen LogP contribution in [0.2, 0.25) is 0 Å². The fraction of sp³-hybridized carbons (Fsp3) is 0.521. The minimum Gasteiger partial charge on any atom is -0.361 e. The van der Waals surface area contributed by atoms with Gasteiger partial charge < -0.3 is 57.6 Å². The van der Waals surface area contributed by atoms with E-state index in [1.165, 1.54) is 6.92 Å². The lowest BCUT2D eigenvalue weighted by molar-refractivity contribution is -0.154. The first kappa shape index (κ1) is 50.6. The van der Waals surface area contributed by atoms with E-state index in [9.17, 15) is 43.2 Å². The molecule has 366 valence electrons. The lowest BCUT2D eigenvalue weighted by Gasteiger charge is -2.45. The van der Waals surface area contributed by atoms with E-state index in [0.717, 1.165) is 10.9 Å². The van der Waals surface area contributed by atoms with Crippen molar-refractivity contribution in [1.82, 2.24) is 52.8 Å². The summed E-state index contributed by atoms with van der Waals surface area (Å²) in [7, 11) is 0. The summed E-state index contributed by atoms with van der Waals surface area (Å²) >= 11 is 0. The molecule has 3 aromatic rings. The minimum absolute atomic E-state index is 0.00808. The van der Waals surface area contributed by atoms with Crippen LogP contribution in [-0.4, -0.2) is 119 Å². The summed E-state index contributed by atoms with van der Waals surface area (Å²) in [5.74, 6) is -7.54. The molecule has 9 amide bonds. The molecule has 20 nitrogen and oxygen atoms in total. The van der Waals surface area contributed by atoms with Crippen molar-refractivity contribution in [3.63, 3.8) is 0 Å². The van der Waals surface area contributed by atoms with Gasteiger partial charge in [0, 0.05) is 43.4 Å². The third-order valence-corrected chi connectivity index (χ3v) is 12.9. The van der Waals surface area contributed by atoms with Gasteiger partial charge in [0.25, 0.3) is 0 Å². The number of nitrogens with one attached hydrogen (secondary N) is 10. The molecule has 0 aliphatic carbocycles. The van der Waals surface area contributed by atoms with Gasteiger partial charge in [0.05, 0.1) is 25.0 Å². The van der Waals surface area contributed by atoms with E-state index < -0.39 is 115 Å². The molecular formula is C48H64N10O10. The van der Waals surface area contributed by atoms with Crippen molar-refractivity contribution in [2.24, 2.45) is 17.8 Å². The van der Waals surface area contributed by atoms with Crippen molar-refractivity contribution in [3.05, 3.63) is 71.9 Å². The average molecular weight is 941 g/mol. The number of hydrogen-bond donors (Lipinski definition) is 10. The first-order valence-corrected chi connectivity index (χ1v) is 23.3. The fourth-order valence-electron chi connectivity index (χ4n) is 9.00. The predicted octanol–water partition coefficient (Wildman–Crippen LogP) is -0.140. The second-order valence-corrected chi connectivity index (χ2v) is 18.5. The highest BCUT2D eigenvalue weighted by Gasteiger charge is 2.43. The van der Waals surface area contributed by atoms with Gasteiger partial charge in [0.15, 0.2) is 6.23 Å². The highest BCUT2D eigenvalue weighted by molar-refractivity contribution is 6.01. The largest absolute Gasteiger partial charge is 0.361 e. The molecule has 2 bridgehead atoms. The Hall–Kier alpha value is -6.83. The third-order valence-electron chi connectivity index (χ3n) is 12.9. The second-order valence-electron chi connectivity index (χ2n) is 18.5. The van der Waals surface area contributed by atoms with Gasteiger partial charge in [-0.15, -0.1) is 0 Å². The van der Waals surface area contributed by atoms with Crippen LogP contribution in [0, 0.1) is 17.8 Å². The SMILES string of the molecule is CCC1OC(NC(=O)C[C@@H]2NC(=O)[C@H](CC(C)C)NC(=O)[C@@H]3CNC(=O)C[C@H](NC2=O)C(=O)N[C@@H](Cc2c[nH]c4ccccc24)C(=O)N[C@@H](Cc2ccccc2)C(=O)N3)C(NC(C)=O)C(C)C1C. The Bertz CT molecular complexity index is 2360. The number of carbonyl (C=O) groups is 9. The number of para-hydroxylation sites is 1. The number of aromatic amines is 1. The second kappa shape index (κ2) is 22.8. The molecule has 3 aliphatic rings. The number of carbonyl (C=O) groups excluding carboxylic acids is 9. The number of fused-ring (bicyclic) bond motifs is 6. The molecule has 5 unspecified atom stereocenters. The van der Waals surface area contributed by atoms with Crippen LogP contribution in [0.5, 0.6) is 0 Å². The molecule has 2 aromatic carbocycles. The number of hydrogen-bond acceptors (Lipinski definition) is 10. The van der Waals surface area contributed by atoms with Crippen molar-refractivity contribution in [3.8, 4) is 0 Å². The molecule has 6 rings (SSSR count).